The lowest BCUT2D eigenvalue weighted by molar-refractivity contribution is -0.120. The summed E-state index contributed by atoms with van der Waals surface area (Å²) in [6.45, 7) is 7.12. The number of anilines is 1. The van der Waals surface area contributed by atoms with E-state index >= 15 is 0 Å². The summed E-state index contributed by atoms with van der Waals surface area (Å²) in [5, 5.41) is 3.03. The highest BCUT2D eigenvalue weighted by Crippen LogP contribution is 2.28. The van der Waals surface area contributed by atoms with Gasteiger partial charge < -0.3 is 15.8 Å². The van der Waals surface area contributed by atoms with Crippen LogP contribution in [0.3, 0.4) is 0 Å². The molecule has 104 valence electrons. The average Bonchev–Trinajstić information content (AvgIpc) is 2.77. The standard InChI is InChI=1S/C15H22N2O2/c1-9(2)11-6-4-5-10(3)14(11)17-15(18)12-7-19-8-13(12)16/h4-6,9,12-13H,7-8,16H2,1-3H3,(H,17,18). The Labute approximate surface area is 114 Å². The van der Waals surface area contributed by atoms with Gasteiger partial charge >= 0.3 is 0 Å². The molecule has 2 unspecified atom stereocenters. The van der Waals surface area contributed by atoms with Gasteiger partial charge in [0.25, 0.3) is 0 Å². The molecule has 0 bridgehead atoms. The van der Waals surface area contributed by atoms with E-state index in [4.69, 9.17) is 10.5 Å². The summed E-state index contributed by atoms with van der Waals surface area (Å²) in [5.41, 5.74) is 9.03. The number of ether oxygens (including phenoxy) is 1. The van der Waals surface area contributed by atoms with Crippen molar-refractivity contribution in [3.05, 3.63) is 29.3 Å². The molecule has 3 N–H and O–H groups in total. The number of amides is 1. The molecule has 1 aliphatic heterocycles. The van der Waals surface area contributed by atoms with Gasteiger partial charge in [-0.3, -0.25) is 4.79 Å². The SMILES string of the molecule is Cc1cccc(C(C)C)c1NC(=O)C1COCC1N. The molecule has 1 aromatic rings. The molecule has 1 fully saturated rings. The van der Waals surface area contributed by atoms with E-state index in [1.165, 1.54) is 0 Å². The second-order valence-electron chi connectivity index (χ2n) is 5.49. The maximum absolute atomic E-state index is 12.3. The first kappa shape index (κ1) is 14.0. The number of para-hydroxylation sites is 1. The van der Waals surface area contributed by atoms with Crippen molar-refractivity contribution < 1.29 is 9.53 Å². The van der Waals surface area contributed by atoms with Crippen LogP contribution in [-0.4, -0.2) is 25.2 Å². The van der Waals surface area contributed by atoms with Crippen molar-refractivity contribution in [2.75, 3.05) is 18.5 Å². The van der Waals surface area contributed by atoms with Crippen molar-refractivity contribution >= 4 is 11.6 Å². The molecule has 4 heteroatoms. The van der Waals surface area contributed by atoms with E-state index < -0.39 is 0 Å². The van der Waals surface area contributed by atoms with Crippen LogP contribution in [0.25, 0.3) is 0 Å². The lowest BCUT2D eigenvalue weighted by atomic mass is 9.97. The van der Waals surface area contributed by atoms with Gasteiger partial charge in [0, 0.05) is 11.7 Å². The Kier molecular flexibility index (Phi) is 4.22. The predicted octanol–water partition coefficient (Wildman–Crippen LogP) is 2.03. The molecule has 0 radical (unpaired) electrons. The van der Waals surface area contributed by atoms with Gasteiger partial charge in [-0.05, 0) is 24.0 Å². The third-order valence-corrected chi connectivity index (χ3v) is 3.64. The molecular formula is C15H22N2O2. The van der Waals surface area contributed by atoms with E-state index in [1.807, 2.05) is 19.1 Å². The number of hydrogen-bond acceptors (Lipinski definition) is 3. The lowest BCUT2D eigenvalue weighted by Crippen LogP contribution is -2.37. The molecule has 0 spiro atoms. The summed E-state index contributed by atoms with van der Waals surface area (Å²) >= 11 is 0. The number of rotatable bonds is 3. The zero-order chi connectivity index (χ0) is 14.0. The van der Waals surface area contributed by atoms with Gasteiger partial charge in [0.15, 0.2) is 0 Å². The largest absolute Gasteiger partial charge is 0.379 e. The topological polar surface area (TPSA) is 64.3 Å². The fourth-order valence-electron chi connectivity index (χ4n) is 2.40. The first-order chi connectivity index (χ1) is 9.00. The monoisotopic (exact) mass is 262 g/mol. The molecule has 0 aromatic heterocycles. The van der Waals surface area contributed by atoms with Crippen molar-refractivity contribution in [3.8, 4) is 0 Å². The van der Waals surface area contributed by atoms with Gasteiger partial charge in [-0.2, -0.15) is 0 Å². The molecule has 0 saturated carbocycles. The summed E-state index contributed by atoms with van der Waals surface area (Å²) in [6, 6.07) is 5.88. The molecule has 1 heterocycles. The minimum Gasteiger partial charge on any atom is -0.379 e. The minimum atomic E-state index is -0.250. The summed E-state index contributed by atoms with van der Waals surface area (Å²) in [6.07, 6.45) is 0. The van der Waals surface area contributed by atoms with E-state index in [9.17, 15) is 4.79 Å². The van der Waals surface area contributed by atoms with Gasteiger partial charge in [-0.25, -0.2) is 0 Å². The molecule has 1 amide bonds. The average molecular weight is 262 g/mol. The van der Waals surface area contributed by atoms with E-state index in [2.05, 4.69) is 25.2 Å². The molecular weight excluding hydrogens is 240 g/mol. The van der Waals surface area contributed by atoms with Crippen LogP contribution >= 0.6 is 0 Å². The molecule has 0 aliphatic carbocycles. The fourth-order valence-corrected chi connectivity index (χ4v) is 2.40. The molecule has 1 aromatic carbocycles. The summed E-state index contributed by atoms with van der Waals surface area (Å²) < 4.78 is 5.25. The van der Waals surface area contributed by atoms with Crippen molar-refractivity contribution in [1.29, 1.82) is 0 Å². The van der Waals surface area contributed by atoms with Crippen LogP contribution in [0.4, 0.5) is 5.69 Å². The molecule has 4 nitrogen and oxygen atoms in total. The third kappa shape index (κ3) is 2.96. The lowest BCUT2D eigenvalue weighted by Gasteiger charge is -2.19. The van der Waals surface area contributed by atoms with Gasteiger partial charge in [0.1, 0.15) is 0 Å². The van der Waals surface area contributed by atoms with Gasteiger partial charge in [-0.1, -0.05) is 32.0 Å². The van der Waals surface area contributed by atoms with Crippen LogP contribution in [0.1, 0.15) is 30.9 Å². The predicted molar refractivity (Wildman–Crippen MR) is 76.2 cm³/mol. The zero-order valence-corrected chi connectivity index (χ0v) is 11.8. The van der Waals surface area contributed by atoms with Crippen LogP contribution in [0, 0.1) is 12.8 Å². The highest BCUT2D eigenvalue weighted by Gasteiger charge is 2.31. The Morgan fingerprint density at radius 2 is 2.16 bits per heavy atom. The van der Waals surface area contributed by atoms with Crippen LogP contribution in [0.2, 0.25) is 0 Å². The van der Waals surface area contributed by atoms with Crippen LogP contribution in [0.5, 0.6) is 0 Å². The smallest absolute Gasteiger partial charge is 0.231 e. The Morgan fingerprint density at radius 3 is 2.74 bits per heavy atom. The van der Waals surface area contributed by atoms with Crippen molar-refractivity contribution in [2.24, 2.45) is 11.7 Å². The Balaban J connectivity index is 2.21. The number of hydrogen-bond donors (Lipinski definition) is 2. The third-order valence-electron chi connectivity index (χ3n) is 3.64. The Morgan fingerprint density at radius 1 is 1.42 bits per heavy atom. The van der Waals surface area contributed by atoms with E-state index in [-0.39, 0.29) is 17.9 Å². The van der Waals surface area contributed by atoms with E-state index in [0.29, 0.717) is 19.1 Å². The van der Waals surface area contributed by atoms with Gasteiger partial charge in [-0.15, -0.1) is 0 Å². The van der Waals surface area contributed by atoms with Crippen LogP contribution in [-0.2, 0) is 9.53 Å². The fraction of sp³-hybridized carbons (Fsp3) is 0.533. The first-order valence-corrected chi connectivity index (χ1v) is 6.74. The van der Waals surface area contributed by atoms with Crippen LogP contribution < -0.4 is 11.1 Å². The molecule has 1 saturated heterocycles. The van der Waals surface area contributed by atoms with E-state index in [1.54, 1.807) is 0 Å². The van der Waals surface area contributed by atoms with Crippen molar-refractivity contribution in [3.63, 3.8) is 0 Å². The summed E-state index contributed by atoms with van der Waals surface area (Å²) in [5.74, 6) is 0.0736. The second kappa shape index (κ2) is 5.72. The van der Waals surface area contributed by atoms with Crippen LogP contribution in [0.15, 0.2) is 18.2 Å². The molecule has 19 heavy (non-hydrogen) atoms. The number of nitrogens with one attached hydrogen (secondary N) is 1. The maximum atomic E-state index is 12.3. The van der Waals surface area contributed by atoms with Gasteiger partial charge in [0.05, 0.1) is 19.1 Å². The highest BCUT2D eigenvalue weighted by molar-refractivity contribution is 5.94. The number of aryl methyl sites for hydroxylation is 1. The molecule has 2 rings (SSSR count). The minimum absolute atomic E-state index is 0.0406. The summed E-state index contributed by atoms with van der Waals surface area (Å²) in [7, 11) is 0. The second-order valence-corrected chi connectivity index (χ2v) is 5.49. The first-order valence-electron chi connectivity index (χ1n) is 6.74. The van der Waals surface area contributed by atoms with Crippen molar-refractivity contribution in [1.82, 2.24) is 0 Å². The molecule has 2 atom stereocenters. The number of nitrogens with two attached hydrogens (primary N) is 1. The van der Waals surface area contributed by atoms with Gasteiger partial charge in [0.2, 0.25) is 5.91 Å². The number of carbonyl (C=O) groups is 1. The highest BCUT2D eigenvalue weighted by atomic mass is 16.5. The zero-order valence-electron chi connectivity index (χ0n) is 11.8. The molecule has 1 aliphatic rings. The Bertz CT molecular complexity index is 471. The number of benzene rings is 1. The quantitative estimate of drug-likeness (QED) is 0.876. The normalized spacial score (nSPS) is 22.8. The Hall–Kier alpha value is -1.39. The maximum Gasteiger partial charge on any atom is 0.231 e. The summed E-state index contributed by atoms with van der Waals surface area (Å²) in [4.78, 5) is 12.3. The van der Waals surface area contributed by atoms with E-state index in [0.717, 1.165) is 16.8 Å². The van der Waals surface area contributed by atoms with Crippen molar-refractivity contribution in [2.45, 2.75) is 32.7 Å². The number of carbonyl (C=O) groups excluding carboxylic acids is 1.